The molecule has 0 heterocycles. The van der Waals surface area contributed by atoms with Gasteiger partial charge in [0.1, 0.15) is 11.6 Å². The van der Waals surface area contributed by atoms with Crippen molar-refractivity contribution in [3.63, 3.8) is 0 Å². The van der Waals surface area contributed by atoms with Gasteiger partial charge in [0.05, 0.1) is 6.07 Å². The Labute approximate surface area is 140 Å². The van der Waals surface area contributed by atoms with Gasteiger partial charge in [0.2, 0.25) is 0 Å². The Morgan fingerprint density at radius 3 is 2.59 bits per heavy atom. The monoisotopic (exact) mass is 364 g/mol. The number of quaternary nitrogens is 1. The number of hydrogen-bond donors (Lipinski definition) is 2. The van der Waals surface area contributed by atoms with Gasteiger partial charge in [-0.25, -0.2) is 0 Å². The average Bonchev–Trinajstić information content (AvgIpc) is 2.98. The van der Waals surface area contributed by atoms with Crippen LogP contribution in [0.15, 0.2) is 28.7 Å². The number of benzene rings is 1. The van der Waals surface area contributed by atoms with E-state index in [0.29, 0.717) is 6.54 Å². The molecule has 1 atom stereocenters. The average molecular weight is 365 g/mol. The molecule has 1 aliphatic rings. The molecule has 2 rings (SSSR count). The van der Waals surface area contributed by atoms with E-state index in [0.717, 1.165) is 36.6 Å². The van der Waals surface area contributed by atoms with Gasteiger partial charge in [-0.1, -0.05) is 35.0 Å². The lowest BCUT2D eigenvalue weighted by Crippen LogP contribution is -2.87. The first kappa shape index (κ1) is 17.0. The van der Waals surface area contributed by atoms with Crippen molar-refractivity contribution in [3.05, 3.63) is 34.3 Å². The molecular weight excluding hydrogens is 342 g/mol. The van der Waals surface area contributed by atoms with Gasteiger partial charge in [0, 0.05) is 16.5 Å². The lowest BCUT2D eigenvalue weighted by atomic mass is 10.00. The summed E-state index contributed by atoms with van der Waals surface area (Å²) in [5.41, 5.74) is 0.596. The molecule has 0 spiro atoms. The summed E-state index contributed by atoms with van der Waals surface area (Å²) >= 11 is 3.44. The smallest absolute Gasteiger partial charge is 0.276 e. The minimum absolute atomic E-state index is 0.0426. The van der Waals surface area contributed by atoms with E-state index in [1.165, 1.54) is 5.56 Å². The SMILES string of the molecule is CC[C@H]([NH2+]CC(=O)NC1(C#N)CCCC1)c1ccc(Br)cc1. The van der Waals surface area contributed by atoms with Crippen molar-refractivity contribution in [2.24, 2.45) is 0 Å². The van der Waals surface area contributed by atoms with Gasteiger partial charge in [-0.3, -0.25) is 4.79 Å². The second-order valence-electron chi connectivity index (χ2n) is 5.96. The highest BCUT2D eigenvalue weighted by Crippen LogP contribution is 2.28. The number of nitrogens with one attached hydrogen (secondary N) is 1. The number of rotatable bonds is 6. The maximum absolute atomic E-state index is 12.2. The van der Waals surface area contributed by atoms with Gasteiger partial charge in [-0.05, 0) is 37.8 Å². The van der Waals surface area contributed by atoms with Crippen molar-refractivity contribution in [3.8, 4) is 6.07 Å². The standard InChI is InChI=1S/C17H22BrN3O/c1-2-15(13-5-7-14(18)8-6-13)20-11-16(22)21-17(12-19)9-3-4-10-17/h5-8,15,20H,2-4,9-11H2,1H3,(H,21,22)/p+1/t15-/m0/s1. The Hall–Kier alpha value is -1.38. The Kier molecular flexibility index (Phi) is 5.98. The van der Waals surface area contributed by atoms with E-state index >= 15 is 0 Å². The van der Waals surface area contributed by atoms with E-state index in [4.69, 9.17) is 0 Å². The second-order valence-corrected chi connectivity index (χ2v) is 6.87. The number of nitriles is 1. The molecule has 0 unspecified atom stereocenters. The van der Waals surface area contributed by atoms with Crippen LogP contribution in [0.5, 0.6) is 0 Å². The summed E-state index contributed by atoms with van der Waals surface area (Å²) in [4.78, 5) is 12.2. The van der Waals surface area contributed by atoms with Crippen LogP contribution in [0.1, 0.15) is 50.6 Å². The fraction of sp³-hybridized carbons (Fsp3) is 0.529. The summed E-state index contributed by atoms with van der Waals surface area (Å²) in [6.45, 7) is 2.48. The molecule has 118 valence electrons. The maximum atomic E-state index is 12.2. The van der Waals surface area contributed by atoms with Gasteiger partial charge < -0.3 is 10.6 Å². The molecule has 1 aromatic carbocycles. The molecule has 4 nitrogen and oxygen atoms in total. The van der Waals surface area contributed by atoms with E-state index in [-0.39, 0.29) is 11.9 Å². The number of nitrogens with two attached hydrogens (primary N) is 1. The number of carbonyl (C=O) groups is 1. The second kappa shape index (κ2) is 7.75. The summed E-state index contributed by atoms with van der Waals surface area (Å²) < 4.78 is 1.06. The number of halogens is 1. The van der Waals surface area contributed by atoms with Crippen LogP contribution in [0, 0.1) is 11.3 Å². The Balaban J connectivity index is 1.89. The van der Waals surface area contributed by atoms with Gasteiger partial charge >= 0.3 is 0 Å². The third-order valence-electron chi connectivity index (χ3n) is 4.38. The minimum Gasteiger partial charge on any atom is -0.333 e. The van der Waals surface area contributed by atoms with E-state index in [1.807, 2.05) is 12.1 Å². The van der Waals surface area contributed by atoms with Gasteiger partial charge in [-0.15, -0.1) is 0 Å². The molecule has 1 saturated carbocycles. The largest absolute Gasteiger partial charge is 0.333 e. The van der Waals surface area contributed by atoms with Crippen LogP contribution in [0.4, 0.5) is 0 Å². The Morgan fingerprint density at radius 1 is 1.41 bits per heavy atom. The summed E-state index contributed by atoms with van der Waals surface area (Å²) in [6, 6.07) is 10.8. The molecule has 0 saturated heterocycles. The highest BCUT2D eigenvalue weighted by atomic mass is 79.9. The number of carbonyl (C=O) groups excluding carboxylic acids is 1. The van der Waals surface area contributed by atoms with Crippen LogP contribution in [0.25, 0.3) is 0 Å². The van der Waals surface area contributed by atoms with Crippen molar-refractivity contribution in [1.29, 1.82) is 5.26 Å². The molecule has 1 aromatic rings. The fourth-order valence-electron chi connectivity index (χ4n) is 3.06. The molecule has 0 aliphatic heterocycles. The first-order valence-electron chi connectivity index (χ1n) is 7.89. The summed E-state index contributed by atoms with van der Waals surface area (Å²) in [6.07, 6.45) is 4.55. The molecular formula is C17H23BrN3O+. The first-order valence-corrected chi connectivity index (χ1v) is 8.69. The van der Waals surface area contributed by atoms with Crippen molar-refractivity contribution in [2.45, 2.75) is 50.6 Å². The number of nitrogens with zero attached hydrogens (tertiary/aromatic N) is 1. The van der Waals surface area contributed by atoms with Crippen molar-refractivity contribution in [2.75, 3.05) is 6.54 Å². The van der Waals surface area contributed by atoms with E-state index in [1.54, 1.807) is 0 Å². The molecule has 5 heteroatoms. The quantitative estimate of drug-likeness (QED) is 0.813. The van der Waals surface area contributed by atoms with Gasteiger partial charge in [0.25, 0.3) is 5.91 Å². The van der Waals surface area contributed by atoms with Crippen LogP contribution in [0.3, 0.4) is 0 Å². The molecule has 1 fully saturated rings. The molecule has 0 aromatic heterocycles. The van der Waals surface area contributed by atoms with Crippen molar-refractivity contribution in [1.82, 2.24) is 5.32 Å². The molecule has 3 N–H and O–H groups in total. The summed E-state index contributed by atoms with van der Waals surface area (Å²) in [7, 11) is 0. The third kappa shape index (κ3) is 4.31. The molecule has 0 bridgehead atoms. The Morgan fingerprint density at radius 2 is 2.05 bits per heavy atom. The lowest BCUT2D eigenvalue weighted by molar-refractivity contribution is -0.686. The highest BCUT2D eigenvalue weighted by Gasteiger charge is 2.35. The predicted octanol–water partition coefficient (Wildman–Crippen LogP) is 2.42. The number of amides is 1. The van der Waals surface area contributed by atoms with Crippen molar-refractivity contribution >= 4 is 21.8 Å². The lowest BCUT2D eigenvalue weighted by Gasteiger charge is -2.22. The number of hydrogen-bond acceptors (Lipinski definition) is 2. The molecule has 1 amide bonds. The normalized spacial score (nSPS) is 17.7. The van der Waals surface area contributed by atoms with Crippen molar-refractivity contribution < 1.29 is 10.1 Å². The minimum atomic E-state index is -0.621. The van der Waals surface area contributed by atoms with E-state index in [2.05, 4.69) is 51.7 Å². The molecule has 1 aliphatic carbocycles. The van der Waals surface area contributed by atoms with Gasteiger partial charge in [-0.2, -0.15) is 5.26 Å². The zero-order chi connectivity index (χ0) is 16.0. The topological polar surface area (TPSA) is 69.5 Å². The van der Waals surface area contributed by atoms with Crippen LogP contribution < -0.4 is 10.6 Å². The highest BCUT2D eigenvalue weighted by molar-refractivity contribution is 9.10. The van der Waals surface area contributed by atoms with Crippen LogP contribution in [-0.2, 0) is 4.79 Å². The van der Waals surface area contributed by atoms with E-state index in [9.17, 15) is 10.1 Å². The van der Waals surface area contributed by atoms with E-state index < -0.39 is 5.54 Å². The maximum Gasteiger partial charge on any atom is 0.276 e. The molecule has 22 heavy (non-hydrogen) atoms. The first-order chi connectivity index (χ1) is 10.6. The summed E-state index contributed by atoms with van der Waals surface area (Å²) in [5, 5.41) is 14.3. The zero-order valence-electron chi connectivity index (χ0n) is 12.9. The Bertz CT molecular complexity index is 544. The zero-order valence-corrected chi connectivity index (χ0v) is 14.5. The summed E-state index contributed by atoms with van der Waals surface area (Å²) in [5.74, 6) is -0.0426. The van der Waals surface area contributed by atoms with Crippen LogP contribution >= 0.6 is 15.9 Å². The third-order valence-corrected chi connectivity index (χ3v) is 4.90. The predicted molar refractivity (Wildman–Crippen MR) is 88.9 cm³/mol. The van der Waals surface area contributed by atoms with Gasteiger partial charge in [0.15, 0.2) is 6.54 Å². The fourth-order valence-corrected chi connectivity index (χ4v) is 3.32. The molecule has 0 radical (unpaired) electrons. The van der Waals surface area contributed by atoms with Crippen LogP contribution in [0.2, 0.25) is 0 Å². The van der Waals surface area contributed by atoms with Crippen LogP contribution in [-0.4, -0.2) is 18.0 Å².